The van der Waals surface area contributed by atoms with E-state index in [0.29, 0.717) is 6.54 Å². The van der Waals surface area contributed by atoms with Crippen LogP contribution in [0, 0.1) is 0 Å². The lowest BCUT2D eigenvalue weighted by atomic mass is 10.2. The normalized spacial score (nSPS) is 21.2. The molecule has 0 aromatic carbocycles. The van der Waals surface area contributed by atoms with Crippen molar-refractivity contribution in [2.75, 3.05) is 32.7 Å². The zero-order chi connectivity index (χ0) is 13.1. The summed E-state index contributed by atoms with van der Waals surface area (Å²) in [7, 11) is 0. The minimum atomic E-state index is 0.0574. The molecule has 1 aromatic rings. The van der Waals surface area contributed by atoms with Gasteiger partial charge >= 0.3 is 6.03 Å². The molecule has 3 heterocycles. The molecule has 0 bridgehead atoms. The molecular formula is C14H21N3O2. The van der Waals surface area contributed by atoms with E-state index in [0.717, 1.165) is 38.4 Å². The fourth-order valence-corrected chi connectivity index (χ4v) is 2.76. The number of urea groups is 1. The maximum atomic E-state index is 11.9. The van der Waals surface area contributed by atoms with E-state index in [9.17, 15) is 4.79 Å². The average molecular weight is 263 g/mol. The van der Waals surface area contributed by atoms with Gasteiger partial charge in [-0.25, -0.2) is 4.79 Å². The van der Waals surface area contributed by atoms with Gasteiger partial charge in [-0.15, -0.1) is 0 Å². The smallest absolute Gasteiger partial charge is 0.317 e. The maximum Gasteiger partial charge on any atom is 0.317 e. The van der Waals surface area contributed by atoms with Gasteiger partial charge in [-0.3, -0.25) is 4.90 Å². The Balaban J connectivity index is 1.60. The van der Waals surface area contributed by atoms with Crippen LogP contribution in [0.5, 0.6) is 0 Å². The Labute approximate surface area is 113 Å². The average Bonchev–Trinajstić information content (AvgIpc) is 2.98. The second kappa shape index (κ2) is 5.65. The fraction of sp³-hybridized carbons (Fsp3) is 0.643. The Morgan fingerprint density at radius 1 is 1.26 bits per heavy atom. The number of nitrogens with zero attached hydrogens (tertiary/aromatic N) is 2. The van der Waals surface area contributed by atoms with Crippen LogP contribution in [0.15, 0.2) is 22.8 Å². The predicted molar refractivity (Wildman–Crippen MR) is 71.8 cm³/mol. The van der Waals surface area contributed by atoms with Crippen molar-refractivity contribution in [3.63, 3.8) is 0 Å². The number of furan rings is 1. The highest BCUT2D eigenvalue weighted by atomic mass is 16.3. The molecule has 0 saturated carbocycles. The number of carbonyl (C=O) groups is 1. The molecule has 2 amide bonds. The minimum absolute atomic E-state index is 0.0574. The van der Waals surface area contributed by atoms with Crippen LogP contribution in [0.1, 0.15) is 31.1 Å². The van der Waals surface area contributed by atoms with Crippen LogP contribution in [0.4, 0.5) is 4.79 Å². The summed E-state index contributed by atoms with van der Waals surface area (Å²) in [6.45, 7) is 4.58. The molecule has 2 aliphatic heterocycles. The van der Waals surface area contributed by atoms with Crippen molar-refractivity contribution in [1.29, 1.82) is 0 Å². The molecule has 1 N–H and O–H groups in total. The van der Waals surface area contributed by atoms with E-state index < -0.39 is 0 Å². The van der Waals surface area contributed by atoms with Crippen LogP contribution in [0.2, 0.25) is 0 Å². The summed E-state index contributed by atoms with van der Waals surface area (Å²) in [5.41, 5.74) is 0. The largest absolute Gasteiger partial charge is 0.468 e. The molecule has 0 radical (unpaired) electrons. The van der Waals surface area contributed by atoms with Crippen LogP contribution in [0.3, 0.4) is 0 Å². The summed E-state index contributed by atoms with van der Waals surface area (Å²) < 4.78 is 5.53. The Hall–Kier alpha value is -1.49. The fourth-order valence-electron chi connectivity index (χ4n) is 2.76. The molecule has 0 spiro atoms. The summed E-state index contributed by atoms with van der Waals surface area (Å²) in [5, 5.41) is 3.04. The Morgan fingerprint density at radius 3 is 2.63 bits per heavy atom. The SMILES string of the molecule is O=C(NC[C@H](c1ccco1)N1CCCC1)N1CCC1. The van der Waals surface area contributed by atoms with Crippen molar-refractivity contribution in [2.45, 2.75) is 25.3 Å². The van der Waals surface area contributed by atoms with E-state index in [-0.39, 0.29) is 12.1 Å². The molecular weight excluding hydrogens is 242 g/mol. The molecule has 2 saturated heterocycles. The van der Waals surface area contributed by atoms with Crippen molar-refractivity contribution < 1.29 is 9.21 Å². The molecule has 2 aliphatic rings. The molecule has 2 fully saturated rings. The highest BCUT2D eigenvalue weighted by Gasteiger charge is 2.27. The Bertz CT molecular complexity index is 408. The van der Waals surface area contributed by atoms with Gasteiger partial charge in [-0.2, -0.15) is 0 Å². The first-order valence-electron chi connectivity index (χ1n) is 7.15. The lowest BCUT2D eigenvalue weighted by Gasteiger charge is -2.32. The van der Waals surface area contributed by atoms with Gasteiger partial charge in [-0.05, 0) is 44.5 Å². The van der Waals surface area contributed by atoms with E-state index >= 15 is 0 Å². The van der Waals surface area contributed by atoms with Crippen molar-refractivity contribution in [3.8, 4) is 0 Å². The lowest BCUT2D eigenvalue weighted by Crippen LogP contribution is -2.49. The van der Waals surface area contributed by atoms with E-state index in [1.54, 1.807) is 6.26 Å². The second-order valence-corrected chi connectivity index (χ2v) is 5.30. The zero-order valence-corrected chi connectivity index (χ0v) is 11.2. The van der Waals surface area contributed by atoms with Gasteiger partial charge in [0.2, 0.25) is 0 Å². The van der Waals surface area contributed by atoms with Gasteiger partial charge < -0.3 is 14.6 Å². The minimum Gasteiger partial charge on any atom is -0.468 e. The van der Waals surface area contributed by atoms with Gasteiger partial charge in [0.1, 0.15) is 5.76 Å². The second-order valence-electron chi connectivity index (χ2n) is 5.30. The maximum absolute atomic E-state index is 11.9. The molecule has 0 aliphatic carbocycles. The van der Waals surface area contributed by atoms with Crippen LogP contribution in [0.25, 0.3) is 0 Å². The van der Waals surface area contributed by atoms with E-state index in [1.165, 1.54) is 12.8 Å². The number of hydrogen-bond acceptors (Lipinski definition) is 3. The summed E-state index contributed by atoms with van der Waals surface area (Å²) in [6, 6.07) is 4.14. The van der Waals surface area contributed by atoms with Crippen LogP contribution in [-0.4, -0.2) is 48.6 Å². The third-order valence-electron chi connectivity index (χ3n) is 4.04. The summed E-state index contributed by atoms with van der Waals surface area (Å²) in [6.07, 6.45) is 5.30. The standard InChI is InChI=1S/C14H21N3O2/c18-14(17-8-4-9-17)15-11-12(13-5-3-10-19-13)16-6-1-2-7-16/h3,5,10,12H,1-2,4,6-9,11H2,(H,15,18)/t12-/m1/s1. The summed E-state index contributed by atoms with van der Waals surface area (Å²) >= 11 is 0. The van der Waals surface area contributed by atoms with Gasteiger partial charge in [0.25, 0.3) is 0 Å². The molecule has 104 valence electrons. The van der Waals surface area contributed by atoms with Crippen LogP contribution in [-0.2, 0) is 0 Å². The van der Waals surface area contributed by atoms with Gasteiger partial charge in [0.15, 0.2) is 0 Å². The number of hydrogen-bond donors (Lipinski definition) is 1. The van der Waals surface area contributed by atoms with Gasteiger partial charge in [0, 0.05) is 19.6 Å². The first-order valence-corrected chi connectivity index (χ1v) is 7.15. The van der Waals surface area contributed by atoms with E-state index in [4.69, 9.17) is 4.42 Å². The summed E-state index contributed by atoms with van der Waals surface area (Å²) in [5.74, 6) is 0.950. The molecule has 5 heteroatoms. The molecule has 1 atom stereocenters. The van der Waals surface area contributed by atoms with Crippen molar-refractivity contribution in [2.24, 2.45) is 0 Å². The molecule has 0 unspecified atom stereocenters. The third-order valence-corrected chi connectivity index (χ3v) is 4.04. The zero-order valence-electron chi connectivity index (χ0n) is 11.2. The summed E-state index contributed by atoms with van der Waals surface area (Å²) in [4.78, 5) is 16.1. The highest BCUT2D eigenvalue weighted by molar-refractivity contribution is 5.74. The Morgan fingerprint density at radius 2 is 2.05 bits per heavy atom. The van der Waals surface area contributed by atoms with Crippen molar-refractivity contribution >= 4 is 6.03 Å². The number of rotatable bonds is 4. The number of nitrogens with one attached hydrogen (secondary N) is 1. The first-order chi connectivity index (χ1) is 9.34. The monoisotopic (exact) mass is 263 g/mol. The van der Waals surface area contributed by atoms with Gasteiger partial charge in [-0.1, -0.05) is 0 Å². The highest BCUT2D eigenvalue weighted by Crippen LogP contribution is 2.25. The van der Waals surface area contributed by atoms with Crippen molar-refractivity contribution in [1.82, 2.24) is 15.1 Å². The number of amides is 2. The Kier molecular flexibility index (Phi) is 3.73. The van der Waals surface area contributed by atoms with Gasteiger partial charge in [0.05, 0.1) is 12.3 Å². The topological polar surface area (TPSA) is 48.7 Å². The van der Waals surface area contributed by atoms with E-state index in [2.05, 4.69) is 10.2 Å². The molecule has 3 rings (SSSR count). The number of likely N-dealkylation sites (tertiary alicyclic amines) is 2. The molecule has 1 aromatic heterocycles. The number of carbonyl (C=O) groups excluding carboxylic acids is 1. The van der Waals surface area contributed by atoms with Crippen LogP contribution < -0.4 is 5.32 Å². The van der Waals surface area contributed by atoms with Crippen molar-refractivity contribution in [3.05, 3.63) is 24.2 Å². The predicted octanol–water partition coefficient (Wildman–Crippen LogP) is 1.83. The van der Waals surface area contributed by atoms with Crippen LogP contribution >= 0.6 is 0 Å². The third kappa shape index (κ3) is 2.76. The molecule has 19 heavy (non-hydrogen) atoms. The lowest BCUT2D eigenvalue weighted by molar-refractivity contribution is 0.158. The quantitative estimate of drug-likeness (QED) is 0.901. The van der Waals surface area contributed by atoms with E-state index in [1.807, 2.05) is 17.0 Å². The first kappa shape index (κ1) is 12.5. The molecule has 5 nitrogen and oxygen atoms in total.